The van der Waals surface area contributed by atoms with Crippen molar-refractivity contribution in [2.45, 2.75) is 12.6 Å². The van der Waals surface area contributed by atoms with Crippen LogP contribution in [0.25, 0.3) is 22.4 Å². The number of nitrogens with zero attached hydrogens (tertiary/aromatic N) is 4. The van der Waals surface area contributed by atoms with Gasteiger partial charge >= 0.3 is 6.09 Å². The molecule has 0 spiro atoms. The summed E-state index contributed by atoms with van der Waals surface area (Å²) >= 11 is 0. The van der Waals surface area contributed by atoms with Crippen molar-refractivity contribution in [1.29, 1.82) is 0 Å². The van der Waals surface area contributed by atoms with Crippen LogP contribution < -0.4 is 5.73 Å². The van der Waals surface area contributed by atoms with E-state index < -0.39 is 18.0 Å². The molecule has 1 unspecified atom stereocenters. The minimum absolute atomic E-state index is 0.0466. The zero-order valence-electron chi connectivity index (χ0n) is 14.6. The van der Waals surface area contributed by atoms with Crippen molar-refractivity contribution in [3.63, 3.8) is 0 Å². The van der Waals surface area contributed by atoms with Gasteiger partial charge in [-0.05, 0) is 42.0 Å². The number of amides is 2. The molecule has 1 aliphatic rings. The molecule has 0 bridgehead atoms. The topological polar surface area (TPSA) is 114 Å². The number of carbonyl (C=O) groups excluding carboxylic acids is 1. The number of rotatable bonds is 3. The quantitative estimate of drug-likeness (QED) is 0.722. The molecule has 3 aromatic rings. The van der Waals surface area contributed by atoms with Gasteiger partial charge in [0.1, 0.15) is 17.6 Å². The first-order valence-corrected chi connectivity index (χ1v) is 8.50. The molecule has 28 heavy (non-hydrogen) atoms. The van der Waals surface area contributed by atoms with Gasteiger partial charge in [0.15, 0.2) is 0 Å². The molecule has 4 rings (SSSR count). The third-order valence-corrected chi connectivity index (χ3v) is 4.72. The van der Waals surface area contributed by atoms with Crippen molar-refractivity contribution in [2.75, 3.05) is 6.54 Å². The van der Waals surface area contributed by atoms with Crippen LogP contribution >= 0.6 is 0 Å². The number of pyridine rings is 1. The van der Waals surface area contributed by atoms with Crippen LogP contribution in [-0.4, -0.2) is 43.3 Å². The van der Waals surface area contributed by atoms with E-state index in [1.54, 1.807) is 36.7 Å². The summed E-state index contributed by atoms with van der Waals surface area (Å²) in [5, 5.41) is 14.0. The number of hydrogen-bond acceptors (Lipinski definition) is 4. The number of aromatic nitrogens is 3. The van der Waals surface area contributed by atoms with E-state index >= 15 is 0 Å². The second kappa shape index (κ2) is 6.76. The van der Waals surface area contributed by atoms with Crippen LogP contribution in [0.2, 0.25) is 0 Å². The molecule has 0 fully saturated rings. The molecule has 3 N–H and O–H groups in total. The Bertz CT molecular complexity index is 1050. The van der Waals surface area contributed by atoms with Crippen LogP contribution in [0.5, 0.6) is 0 Å². The van der Waals surface area contributed by atoms with E-state index in [0.717, 1.165) is 10.5 Å². The highest BCUT2D eigenvalue weighted by atomic mass is 19.1. The number of halogens is 1. The van der Waals surface area contributed by atoms with Gasteiger partial charge in [-0.3, -0.25) is 19.4 Å². The van der Waals surface area contributed by atoms with Gasteiger partial charge in [-0.15, -0.1) is 0 Å². The third-order valence-electron chi connectivity index (χ3n) is 4.72. The molecule has 0 saturated heterocycles. The maximum atomic E-state index is 13.4. The molecule has 1 atom stereocenters. The largest absolute Gasteiger partial charge is 0.465 e. The van der Waals surface area contributed by atoms with Crippen molar-refractivity contribution < 1.29 is 19.1 Å². The molecule has 1 aromatic carbocycles. The average Bonchev–Trinajstić information content (AvgIpc) is 3.07. The Labute approximate surface area is 159 Å². The molecule has 142 valence electrons. The number of primary amides is 1. The van der Waals surface area contributed by atoms with Crippen molar-refractivity contribution >= 4 is 12.0 Å². The monoisotopic (exact) mass is 381 g/mol. The smallest absolute Gasteiger partial charge is 0.407 e. The number of hydrogen-bond donors (Lipinski definition) is 2. The van der Waals surface area contributed by atoms with Crippen LogP contribution in [0.15, 0.2) is 48.8 Å². The number of carboxylic acid groups (broad SMARTS) is 1. The Morgan fingerprint density at radius 3 is 2.39 bits per heavy atom. The molecule has 0 saturated carbocycles. The van der Waals surface area contributed by atoms with E-state index in [-0.39, 0.29) is 18.9 Å². The van der Waals surface area contributed by atoms with Crippen LogP contribution in [0, 0.1) is 5.82 Å². The van der Waals surface area contributed by atoms with Crippen LogP contribution in [-0.2, 0) is 11.3 Å². The molecule has 3 heterocycles. The van der Waals surface area contributed by atoms with Gasteiger partial charge < -0.3 is 10.8 Å². The molecule has 0 aliphatic carbocycles. The minimum atomic E-state index is -1.15. The summed E-state index contributed by atoms with van der Waals surface area (Å²) in [6, 6.07) is 8.41. The highest BCUT2D eigenvalue weighted by Gasteiger charge is 2.36. The molecule has 8 nitrogen and oxygen atoms in total. The average molecular weight is 381 g/mol. The van der Waals surface area contributed by atoms with E-state index in [0.29, 0.717) is 22.5 Å². The number of fused-ring (bicyclic) bond motifs is 1. The molecular formula is C19H16FN5O3. The normalized spacial score (nSPS) is 15.9. The second-order valence-corrected chi connectivity index (χ2v) is 6.44. The lowest BCUT2D eigenvalue weighted by molar-refractivity contribution is -0.122. The summed E-state index contributed by atoms with van der Waals surface area (Å²) in [5.41, 5.74) is 8.63. The lowest BCUT2D eigenvalue weighted by atomic mass is 9.98. The first-order chi connectivity index (χ1) is 13.5. The molecule has 2 aromatic heterocycles. The zero-order chi connectivity index (χ0) is 19.8. The summed E-state index contributed by atoms with van der Waals surface area (Å²) in [6.07, 6.45) is 2.07. The van der Waals surface area contributed by atoms with Crippen molar-refractivity contribution in [2.24, 2.45) is 5.73 Å². The predicted molar refractivity (Wildman–Crippen MR) is 97.5 cm³/mol. The van der Waals surface area contributed by atoms with Crippen LogP contribution in [0.1, 0.15) is 11.7 Å². The fraction of sp³-hybridized carbons (Fsp3) is 0.158. The zero-order valence-corrected chi connectivity index (χ0v) is 14.6. The maximum Gasteiger partial charge on any atom is 0.407 e. The van der Waals surface area contributed by atoms with E-state index in [2.05, 4.69) is 10.1 Å². The van der Waals surface area contributed by atoms with E-state index in [4.69, 9.17) is 5.73 Å². The number of carbonyl (C=O) groups is 2. The Hall–Kier alpha value is -3.75. The summed E-state index contributed by atoms with van der Waals surface area (Å²) < 4.78 is 14.9. The summed E-state index contributed by atoms with van der Waals surface area (Å²) in [5.74, 6) is -1.06. The fourth-order valence-corrected chi connectivity index (χ4v) is 3.40. The highest BCUT2D eigenvalue weighted by molar-refractivity contribution is 5.85. The maximum absolute atomic E-state index is 13.4. The van der Waals surface area contributed by atoms with Crippen LogP contribution in [0.4, 0.5) is 9.18 Å². The van der Waals surface area contributed by atoms with Crippen LogP contribution in [0.3, 0.4) is 0 Å². The molecular weight excluding hydrogens is 365 g/mol. The Morgan fingerprint density at radius 1 is 1.11 bits per heavy atom. The van der Waals surface area contributed by atoms with Crippen molar-refractivity contribution in [3.05, 3.63) is 60.3 Å². The summed E-state index contributed by atoms with van der Waals surface area (Å²) in [4.78, 5) is 28.7. The number of benzene rings is 1. The highest BCUT2D eigenvalue weighted by Crippen LogP contribution is 2.38. The molecule has 9 heteroatoms. The van der Waals surface area contributed by atoms with Gasteiger partial charge in [0, 0.05) is 23.5 Å². The first-order valence-electron chi connectivity index (χ1n) is 8.50. The Balaban J connectivity index is 1.98. The Morgan fingerprint density at radius 2 is 1.79 bits per heavy atom. The summed E-state index contributed by atoms with van der Waals surface area (Å²) in [7, 11) is 0. The van der Waals surface area contributed by atoms with E-state index in [1.807, 2.05) is 0 Å². The SMILES string of the molecule is NC(=O)C1CN(C(=O)O)Cc2c(-c3ccncc3)c(-c3ccc(F)cc3)nn21. The molecule has 0 radical (unpaired) electrons. The van der Waals surface area contributed by atoms with Gasteiger partial charge in [0.2, 0.25) is 5.91 Å². The lowest BCUT2D eigenvalue weighted by Crippen LogP contribution is -2.45. The predicted octanol–water partition coefficient (Wildman–Crippen LogP) is 2.27. The first kappa shape index (κ1) is 17.7. The summed E-state index contributed by atoms with van der Waals surface area (Å²) in [6.45, 7) is -0.0387. The van der Waals surface area contributed by atoms with Gasteiger partial charge in [-0.2, -0.15) is 5.10 Å². The standard InChI is InChI=1S/C19H16FN5O3/c20-13-3-1-12(2-4-13)17-16(11-5-7-22-8-6-11)14-9-24(19(27)28)10-15(18(21)26)25(14)23-17/h1-8,15H,9-10H2,(H2,21,26)(H,27,28). The van der Waals surface area contributed by atoms with Crippen molar-refractivity contribution in [1.82, 2.24) is 19.7 Å². The third kappa shape index (κ3) is 2.96. The molecule has 1 aliphatic heterocycles. The van der Waals surface area contributed by atoms with E-state index in [1.165, 1.54) is 16.8 Å². The Kier molecular flexibility index (Phi) is 4.26. The fourth-order valence-electron chi connectivity index (χ4n) is 3.40. The lowest BCUT2D eigenvalue weighted by Gasteiger charge is -2.30. The van der Waals surface area contributed by atoms with Gasteiger partial charge in [0.05, 0.1) is 18.8 Å². The van der Waals surface area contributed by atoms with Gasteiger partial charge in [0.25, 0.3) is 0 Å². The number of nitrogens with two attached hydrogens (primary N) is 1. The van der Waals surface area contributed by atoms with Crippen molar-refractivity contribution in [3.8, 4) is 22.4 Å². The van der Waals surface area contributed by atoms with Gasteiger partial charge in [-0.25, -0.2) is 9.18 Å². The van der Waals surface area contributed by atoms with E-state index in [9.17, 15) is 19.1 Å². The minimum Gasteiger partial charge on any atom is -0.465 e. The van der Waals surface area contributed by atoms with Gasteiger partial charge in [-0.1, -0.05) is 0 Å². The second-order valence-electron chi connectivity index (χ2n) is 6.44. The molecule has 2 amide bonds.